The van der Waals surface area contributed by atoms with E-state index in [1.54, 1.807) is 19.1 Å². The molecule has 0 atom stereocenters. The Balaban J connectivity index is 2.83. The van der Waals surface area contributed by atoms with E-state index in [1.807, 2.05) is 0 Å². The lowest BCUT2D eigenvalue weighted by Crippen LogP contribution is -2.21. The summed E-state index contributed by atoms with van der Waals surface area (Å²) in [7, 11) is 0. The van der Waals surface area contributed by atoms with Crippen molar-refractivity contribution >= 4 is 21.6 Å². The van der Waals surface area contributed by atoms with Crippen molar-refractivity contribution in [2.75, 3.05) is 12.3 Å². The third-order valence-electron chi connectivity index (χ3n) is 1.89. The van der Waals surface area contributed by atoms with E-state index < -0.39 is 12.5 Å². The van der Waals surface area contributed by atoms with Crippen LogP contribution in [0.1, 0.15) is 12.5 Å². The van der Waals surface area contributed by atoms with E-state index in [9.17, 15) is 8.78 Å². The minimum absolute atomic E-state index is 0.289. The van der Waals surface area contributed by atoms with Gasteiger partial charge in [0.1, 0.15) is 5.75 Å². The summed E-state index contributed by atoms with van der Waals surface area (Å²) in [5.41, 5.74) is 6.88. The summed E-state index contributed by atoms with van der Waals surface area (Å²) in [5, 5.41) is 0. The number of alkyl halides is 2. The molecule has 0 aliphatic rings. The van der Waals surface area contributed by atoms with Crippen molar-refractivity contribution in [2.24, 2.45) is 0 Å². The van der Waals surface area contributed by atoms with Crippen LogP contribution >= 0.6 is 15.9 Å². The van der Waals surface area contributed by atoms with Crippen LogP contribution < -0.4 is 10.5 Å². The van der Waals surface area contributed by atoms with Gasteiger partial charge in [0.25, 0.3) is 5.92 Å². The van der Waals surface area contributed by atoms with E-state index in [1.165, 1.54) is 0 Å². The van der Waals surface area contributed by atoms with Gasteiger partial charge >= 0.3 is 0 Å². The van der Waals surface area contributed by atoms with Gasteiger partial charge in [-0.3, -0.25) is 0 Å². The zero-order valence-electron chi connectivity index (χ0n) is 8.48. The summed E-state index contributed by atoms with van der Waals surface area (Å²) in [4.78, 5) is 0. The van der Waals surface area contributed by atoms with Crippen LogP contribution in [0.3, 0.4) is 0 Å². The van der Waals surface area contributed by atoms with Crippen LogP contribution in [0.2, 0.25) is 0 Å². The number of ether oxygens (including phenoxy) is 1. The summed E-state index contributed by atoms with van der Waals surface area (Å²) in [5.74, 6) is -2.56. The first kappa shape index (κ1) is 12.2. The fourth-order valence-electron chi connectivity index (χ4n) is 1.01. The average Bonchev–Trinajstić information content (AvgIpc) is 2.12. The number of benzene rings is 1. The van der Waals surface area contributed by atoms with Crippen molar-refractivity contribution in [3.63, 3.8) is 0 Å². The molecule has 2 nitrogen and oxygen atoms in total. The first-order chi connectivity index (χ1) is 6.81. The van der Waals surface area contributed by atoms with Gasteiger partial charge in [-0.15, -0.1) is 0 Å². The number of nitrogens with two attached hydrogens (primary N) is 1. The standard InChI is InChI=1S/C10H12BrF2NO/c1-6-7(11)3-4-8(9(6)14)15-5-10(2,12)13/h3-4H,5,14H2,1-2H3. The molecule has 0 aromatic heterocycles. The highest BCUT2D eigenvalue weighted by Crippen LogP contribution is 2.31. The first-order valence-electron chi connectivity index (χ1n) is 4.36. The summed E-state index contributed by atoms with van der Waals surface area (Å²) in [6.07, 6.45) is 0. The van der Waals surface area contributed by atoms with E-state index in [0.717, 1.165) is 17.0 Å². The number of hydrogen-bond donors (Lipinski definition) is 1. The molecule has 0 spiro atoms. The highest BCUT2D eigenvalue weighted by molar-refractivity contribution is 9.10. The SMILES string of the molecule is Cc1c(Br)ccc(OCC(C)(F)F)c1N. The first-order valence-corrected chi connectivity index (χ1v) is 5.16. The molecule has 0 saturated carbocycles. The van der Waals surface area contributed by atoms with Crippen LogP contribution in [-0.2, 0) is 0 Å². The summed E-state index contributed by atoms with van der Waals surface area (Å²) in [6.45, 7) is 1.92. The number of nitrogen functional groups attached to an aromatic ring is 1. The van der Waals surface area contributed by atoms with Crippen molar-refractivity contribution in [1.82, 2.24) is 0 Å². The van der Waals surface area contributed by atoms with Gasteiger partial charge in [0.15, 0.2) is 6.61 Å². The Morgan fingerprint density at radius 3 is 2.60 bits per heavy atom. The molecule has 5 heteroatoms. The van der Waals surface area contributed by atoms with Crippen molar-refractivity contribution in [3.05, 3.63) is 22.2 Å². The summed E-state index contributed by atoms with van der Waals surface area (Å²) in [6, 6.07) is 3.28. The molecule has 0 bridgehead atoms. The van der Waals surface area contributed by atoms with Crippen molar-refractivity contribution in [2.45, 2.75) is 19.8 Å². The van der Waals surface area contributed by atoms with E-state index in [-0.39, 0.29) is 5.75 Å². The van der Waals surface area contributed by atoms with Gasteiger partial charge in [0.2, 0.25) is 0 Å². The predicted molar refractivity (Wildman–Crippen MR) is 59.4 cm³/mol. The largest absolute Gasteiger partial charge is 0.485 e. The molecule has 0 heterocycles. The molecule has 1 aromatic rings. The lowest BCUT2D eigenvalue weighted by Gasteiger charge is -2.15. The molecule has 0 aliphatic carbocycles. The number of hydrogen-bond acceptors (Lipinski definition) is 2. The maximum Gasteiger partial charge on any atom is 0.278 e. The number of halogens is 3. The Morgan fingerprint density at radius 2 is 2.07 bits per heavy atom. The maximum atomic E-state index is 12.5. The van der Waals surface area contributed by atoms with Crippen LogP contribution in [-0.4, -0.2) is 12.5 Å². The van der Waals surface area contributed by atoms with E-state index in [0.29, 0.717) is 5.69 Å². The van der Waals surface area contributed by atoms with E-state index in [4.69, 9.17) is 10.5 Å². The summed E-state index contributed by atoms with van der Waals surface area (Å²) >= 11 is 3.29. The van der Waals surface area contributed by atoms with Gasteiger partial charge < -0.3 is 10.5 Å². The summed E-state index contributed by atoms with van der Waals surface area (Å²) < 4.78 is 30.9. The lowest BCUT2D eigenvalue weighted by molar-refractivity contribution is -0.0227. The number of anilines is 1. The molecule has 0 fully saturated rings. The second kappa shape index (κ2) is 4.35. The second-order valence-electron chi connectivity index (χ2n) is 3.44. The van der Waals surface area contributed by atoms with Gasteiger partial charge in [-0.05, 0) is 24.6 Å². The highest BCUT2D eigenvalue weighted by atomic mass is 79.9. The van der Waals surface area contributed by atoms with Gasteiger partial charge in [0.05, 0.1) is 5.69 Å². The van der Waals surface area contributed by atoms with Crippen LogP contribution in [0.15, 0.2) is 16.6 Å². The molecule has 1 aromatic carbocycles. The normalized spacial score (nSPS) is 11.5. The fourth-order valence-corrected chi connectivity index (χ4v) is 1.35. The molecule has 2 N–H and O–H groups in total. The molecule has 0 radical (unpaired) electrons. The van der Waals surface area contributed by atoms with E-state index in [2.05, 4.69) is 15.9 Å². The number of rotatable bonds is 3. The fraction of sp³-hybridized carbons (Fsp3) is 0.400. The molecule has 0 amide bonds. The Bertz CT molecular complexity index is 363. The predicted octanol–water partition coefficient (Wildman–Crippen LogP) is 3.37. The highest BCUT2D eigenvalue weighted by Gasteiger charge is 2.22. The molecular weight excluding hydrogens is 268 g/mol. The van der Waals surface area contributed by atoms with Crippen LogP contribution in [0.4, 0.5) is 14.5 Å². The van der Waals surface area contributed by atoms with Gasteiger partial charge in [-0.2, -0.15) is 0 Å². The van der Waals surface area contributed by atoms with Crippen LogP contribution in [0, 0.1) is 6.92 Å². The molecular formula is C10H12BrF2NO. The second-order valence-corrected chi connectivity index (χ2v) is 4.30. The van der Waals surface area contributed by atoms with Crippen molar-refractivity contribution in [3.8, 4) is 5.75 Å². The van der Waals surface area contributed by atoms with E-state index >= 15 is 0 Å². The van der Waals surface area contributed by atoms with Gasteiger partial charge in [0, 0.05) is 11.4 Å². The third-order valence-corrected chi connectivity index (χ3v) is 2.75. The third kappa shape index (κ3) is 3.34. The molecule has 0 unspecified atom stereocenters. The zero-order chi connectivity index (χ0) is 11.6. The van der Waals surface area contributed by atoms with Gasteiger partial charge in [-0.25, -0.2) is 8.78 Å². The quantitative estimate of drug-likeness (QED) is 0.861. The Morgan fingerprint density at radius 1 is 1.47 bits per heavy atom. The molecule has 1 rings (SSSR count). The van der Waals surface area contributed by atoms with Crippen LogP contribution in [0.25, 0.3) is 0 Å². The van der Waals surface area contributed by atoms with Crippen molar-refractivity contribution < 1.29 is 13.5 Å². The smallest absolute Gasteiger partial charge is 0.278 e. The topological polar surface area (TPSA) is 35.2 Å². The van der Waals surface area contributed by atoms with Crippen molar-refractivity contribution in [1.29, 1.82) is 0 Å². The average molecular weight is 280 g/mol. The molecule has 0 aliphatic heterocycles. The minimum atomic E-state index is -2.85. The molecule has 84 valence electrons. The van der Waals surface area contributed by atoms with Crippen LogP contribution in [0.5, 0.6) is 5.75 Å². The Labute approximate surface area is 95.5 Å². The maximum absolute atomic E-state index is 12.5. The molecule has 15 heavy (non-hydrogen) atoms. The Hall–Kier alpha value is -0.840. The molecule has 0 saturated heterocycles. The lowest BCUT2D eigenvalue weighted by atomic mass is 10.2. The van der Waals surface area contributed by atoms with Gasteiger partial charge in [-0.1, -0.05) is 15.9 Å². The monoisotopic (exact) mass is 279 g/mol. The Kier molecular flexibility index (Phi) is 3.54. The zero-order valence-corrected chi connectivity index (χ0v) is 10.1. The minimum Gasteiger partial charge on any atom is -0.485 e.